The zero-order valence-electron chi connectivity index (χ0n) is 14.4. The minimum Gasteiger partial charge on any atom is -0.497 e. The molecule has 0 bridgehead atoms. The van der Waals surface area contributed by atoms with E-state index >= 15 is 0 Å². The Hall–Kier alpha value is -2.33. The van der Waals surface area contributed by atoms with E-state index in [1.807, 2.05) is 49.5 Å². The Labute approximate surface area is 144 Å². The van der Waals surface area contributed by atoms with Crippen LogP contribution in [0.25, 0.3) is 0 Å². The molecule has 4 heteroatoms. The van der Waals surface area contributed by atoms with E-state index in [4.69, 9.17) is 10.5 Å². The van der Waals surface area contributed by atoms with Gasteiger partial charge in [-0.05, 0) is 42.5 Å². The molecule has 1 amide bonds. The Morgan fingerprint density at radius 3 is 2.38 bits per heavy atom. The summed E-state index contributed by atoms with van der Waals surface area (Å²) in [5.74, 6) is 0.853. The van der Waals surface area contributed by atoms with Gasteiger partial charge < -0.3 is 15.4 Å². The molecule has 0 aromatic heterocycles. The monoisotopic (exact) mass is 326 g/mol. The van der Waals surface area contributed by atoms with E-state index in [1.165, 1.54) is 5.56 Å². The molecule has 128 valence electrons. The van der Waals surface area contributed by atoms with E-state index in [2.05, 4.69) is 12.1 Å². The summed E-state index contributed by atoms with van der Waals surface area (Å²) in [4.78, 5) is 14.1. The average molecular weight is 326 g/mol. The Balaban J connectivity index is 1.76. The van der Waals surface area contributed by atoms with Crippen LogP contribution in [0.2, 0.25) is 0 Å². The maximum Gasteiger partial charge on any atom is 0.239 e. The highest BCUT2D eigenvalue weighted by Gasteiger charge is 2.18. The molecule has 0 heterocycles. The smallest absolute Gasteiger partial charge is 0.239 e. The topological polar surface area (TPSA) is 55.6 Å². The third kappa shape index (κ3) is 5.39. The van der Waals surface area contributed by atoms with Gasteiger partial charge in [0, 0.05) is 13.6 Å². The van der Waals surface area contributed by atoms with Crippen LogP contribution in [0.15, 0.2) is 54.6 Å². The lowest BCUT2D eigenvalue weighted by Gasteiger charge is -2.21. The third-order valence-electron chi connectivity index (χ3n) is 4.11. The first-order valence-corrected chi connectivity index (χ1v) is 8.27. The molecule has 0 radical (unpaired) electrons. The second-order valence-corrected chi connectivity index (χ2v) is 6.01. The number of hydrogen-bond acceptors (Lipinski definition) is 3. The molecule has 0 fully saturated rings. The summed E-state index contributed by atoms with van der Waals surface area (Å²) in [6.45, 7) is 0.702. The van der Waals surface area contributed by atoms with Gasteiger partial charge in [0.2, 0.25) is 5.91 Å². The lowest BCUT2D eigenvalue weighted by molar-refractivity contribution is -0.131. The molecule has 0 saturated heterocycles. The molecule has 2 N–H and O–H groups in total. The van der Waals surface area contributed by atoms with Gasteiger partial charge in [-0.3, -0.25) is 4.79 Å². The molecule has 0 aliphatic rings. The first-order chi connectivity index (χ1) is 11.6. The minimum atomic E-state index is -0.488. The normalized spacial score (nSPS) is 11.8. The van der Waals surface area contributed by atoms with Crippen molar-refractivity contribution in [1.82, 2.24) is 4.90 Å². The van der Waals surface area contributed by atoms with Crippen molar-refractivity contribution in [2.24, 2.45) is 5.73 Å². The predicted octanol–water partition coefficient (Wildman–Crippen LogP) is 2.66. The second kappa shape index (κ2) is 9.08. The molecular formula is C20H26N2O2. The summed E-state index contributed by atoms with van der Waals surface area (Å²) in [6, 6.07) is 17.4. The van der Waals surface area contributed by atoms with Crippen LogP contribution in [0.1, 0.15) is 17.5 Å². The van der Waals surface area contributed by atoms with Crippen LogP contribution in [-0.4, -0.2) is 37.6 Å². The van der Waals surface area contributed by atoms with Crippen LogP contribution >= 0.6 is 0 Å². The fourth-order valence-electron chi connectivity index (χ4n) is 2.66. The number of likely N-dealkylation sites (N-methyl/N-ethyl adjacent to an activating group) is 1. The SMILES string of the molecule is COc1ccc(CCCN(C)C(=O)[C@@H](N)Cc2ccccc2)cc1. The minimum absolute atomic E-state index is 0.00594. The molecule has 2 rings (SSSR count). The van der Waals surface area contributed by atoms with Crippen molar-refractivity contribution in [3.8, 4) is 5.75 Å². The van der Waals surface area contributed by atoms with E-state index in [1.54, 1.807) is 12.0 Å². The number of nitrogens with two attached hydrogens (primary N) is 1. The molecule has 0 spiro atoms. The highest BCUT2D eigenvalue weighted by Crippen LogP contribution is 2.13. The molecule has 2 aromatic carbocycles. The molecule has 0 saturated carbocycles. The van der Waals surface area contributed by atoms with Gasteiger partial charge in [-0.15, -0.1) is 0 Å². The maximum absolute atomic E-state index is 12.4. The van der Waals surface area contributed by atoms with Crippen molar-refractivity contribution >= 4 is 5.91 Å². The fourth-order valence-corrected chi connectivity index (χ4v) is 2.66. The first kappa shape index (κ1) is 18.0. The largest absolute Gasteiger partial charge is 0.497 e. The summed E-state index contributed by atoms with van der Waals surface area (Å²) in [5, 5.41) is 0. The van der Waals surface area contributed by atoms with Gasteiger partial charge in [-0.25, -0.2) is 0 Å². The summed E-state index contributed by atoms with van der Waals surface area (Å²) >= 11 is 0. The molecular weight excluding hydrogens is 300 g/mol. The molecule has 4 nitrogen and oxygen atoms in total. The number of benzene rings is 2. The van der Waals surface area contributed by atoms with Gasteiger partial charge in [0.25, 0.3) is 0 Å². The van der Waals surface area contributed by atoms with E-state index in [0.29, 0.717) is 13.0 Å². The lowest BCUT2D eigenvalue weighted by atomic mass is 10.1. The number of methoxy groups -OCH3 is 1. The van der Waals surface area contributed by atoms with Crippen LogP contribution < -0.4 is 10.5 Å². The van der Waals surface area contributed by atoms with Crippen molar-refractivity contribution in [2.75, 3.05) is 20.7 Å². The van der Waals surface area contributed by atoms with E-state index in [-0.39, 0.29) is 5.91 Å². The third-order valence-corrected chi connectivity index (χ3v) is 4.11. The number of hydrogen-bond donors (Lipinski definition) is 1. The molecule has 24 heavy (non-hydrogen) atoms. The molecule has 0 aliphatic heterocycles. The Morgan fingerprint density at radius 2 is 1.75 bits per heavy atom. The fraction of sp³-hybridized carbons (Fsp3) is 0.350. The lowest BCUT2D eigenvalue weighted by Crippen LogP contribution is -2.43. The van der Waals surface area contributed by atoms with Gasteiger partial charge in [0.05, 0.1) is 13.2 Å². The number of amides is 1. The standard InChI is InChI=1S/C20H26N2O2/c1-22(14-6-9-16-10-12-18(24-2)13-11-16)20(23)19(21)15-17-7-4-3-5-8-17/h3-5,7-8,10-13,19H,6,9,14-15,21H2,1-2H3/t19-/m0/s1. The van der Waals surface area contributed by atoms with E-state index in [9.17, 15) is 4.79 Å². The van der Waals surface area contributed by atoms with Crippen LogP contribution in [0, 0.1) is 0 Å². The number of carbonyl (C=O) groups excluding carboxylic acids is 1. The number of rotatable bonds is 8. The van der Waals surface area contributed by atoms with E-state index < -0.39 is 6.04 Å². The highest BCUT2D eigenvalue weighted by atomic mass is 16.5. The van der Waals surface area contributed by atoms with Crippen LogP contribution in [0.4, 0.5) is 0 Å². The van der Waals surface area contributed by atoms with Crippen molar-refractivity contribution < 1.29 is 9.53 Å². The zero-order valence-corrected chi connectivity index (χ0v) is 14.4. The number of carbonyl (C=O) groups is 1. The summed E-state index contributed by atoms with van der Waals surface area (Å²) in [7, 11) is 3.48. The van der Waals surface area contributed by atoms with Crippen molar-refractivity contribution in [2.45, 2.75) is 25.3 Å². The number of aryl methyl sites for hydroxylation is 1. The van der Waals surface area contributed by atoms with Crippen molar-refractivity contribution in [3.63, 3.8) is 0 Å². The van der Waals surface area contributed by atoms with Crippen LogP contribution in [-0.2, 0) is 17.6 Å². The summed E-state index contributed by atoms with van der Waals surface area (Å²) < 4.78 is 5.15. The molecule has 1 atom stereocenters. The van der Waals surface area contributed by atoms with Crippen LogP contribution in [0.5, 0.6) is 5.75 Å². The predicted molar refractivity (Wildman–Crippen MR) is 97.1 cm³/mol. The summed E-state index contributed by atoms with van der Waals surface area (Å²) in [6.07, 6.45) is 2.41. The number of nitrogens with zero attached hydrogens (tertiary/aromatic N) is 1. The Bertz CT molecular complexity index is 626. The van der Waals surface area contributed by atoms with Gasteiger partial charge in [-0.2, -0.15) is 0 Å². The van der Waals surface area contributed by atoms with Crippen molar-refractivity contribution in [3.05, 3.63) is 65.7 Å². The van der Waals surface area contributed by atoms with Gasteiger partial charge in [0.1, 0.15) is 5.75 Å². The first-order valence-electron chi connectivity index (χ1n) is 8.27. The zero-order chi connectivity index (χ0) is 17.4. The van der Waals surface area contributed by atoms with Gasteiger partial charge >= 0.3 is 0 Å². The molecule has 2 aromatic rings. The average Bonchev–Trinajstić information content (AvgIpc) is 2.62. The van der Waals surface area contributed by atoms with Gasteiger partial charge in [0.15, 0.2) is 0 Å². The second-order valence-electron chi connectivity index (χ2n) is 6.01. The number of ether oxygens (including phenoxy) is 1. The molecule has 0 unspecified atom stereocenters. The maximum atomic E-state index is 12.4. The summed E-state index contributed by atoms with van der Waals surface area (Å²) in [5.41, 5.74) is 8.39. The quantitative estimate of drug-likeness (QED) is 0.811. The van der Waals surface area contributed by atoms with Crippen LogP contribution in [0.3, 0.4) is 0 Å². The highest BCUT2D eigenvalue weighted by molar-refractivity contribution is 5.81. The van der Waals surface area contributed by atoms with Crippen molar-refractivity contribution in [1.29, 1.82) is 0 Å². The Morgan fingerprint density at radius 1 is 1.08 bits per heavy atom. The Kier molecular flexibility index (Phi) is 6.82. The van der Waals surface area contributed by atoms with E-state index in [0.717, 1.165) is 24.2 Å². The van der Waals surface area contributed by atoms with Gasteiger partial charge in [-0.1, -0.05) is 42.5 Å². The molecule has 0 aliphatic carbocycles.